The first-order chi connectivity index (χ1) is 9.15. The molecule has 104 valence electrons. The van der Waals surface area contributed by atoms with Gasteiger partial charge in [-0.15, -0.1) is 0 Å². The van der Waals surface area contributed by atoms with Crippen LogP contribution in [0.25, 0.3) is 0 Å². The maximum Gasteiger partial charge on any atom is 0.269 e. The van der Waals surface area contributed by atoms with Crippen LogP contribution in [0.2, 0.25) is 0 Å². The van der Waals surface area contributed by atoms with Crippen molar-refractivity contribution in [3.8, 4) is 0 Å². The largest absolute Gasteiger partial charge is 0.351 e. The molecule has 1 aliphatic carbocycles. The van der Waals surface area contributed by atoms with Gasteiger partial charge in [0.15, 0.2) is 0 Å². The molecule has 2 unspecified atom stereocenters. The van der Waals surface area contributed by atoms with Gasteiger partial charge in [-0.2, -0.15) is 4.39 Å². The van der Waals surface area contributed by atoms with Crippen LogP contribution in [0.5, 0.6) is 0 Å². The summed E-state index contributed by atoms with van der Waals surface area (Å²) in [5, 5.41) is 2.82. The van der Waals surface area contributed by atoms with E-state index in [1.807, 2.05) is 0 Å². The molecule has 1 aromatic rings. The SMILES string of the molecule is CC1CCCC(CCNC(=O)c2cccc(F)n2)C1. The maximum atomic E-state index is 12.9. The van der Waals surface area contributed by atoms with Crippen LogP contribution in [0.4, 0.5) is 4.39 Å². The highest BCUT2D eigenvalue weighted by Gasteiger charge is 2.18. The number of carbonyl (C=O) groups excluding carboxylic acids is 1. The Kier molecular flexibility index (Phi) is 4.88. The van der Waals surface area contributed by atoms with Crippen molar-refractivity contribution in [2.45, 2.75) is 39.0 Å². The average molecular weight is 264 g/mol. The molecule has 1 N–H and O–H groups in total. The molecular weight excluding hydrogens is 243 g/mol. The maximum absolute atomic E-state index is 12.9. The molecule has 1 heterocycles. The van der Waals surface area contributed by atoms with Crippen LogP contribution in [-0.4, -0.2) is 17.4 Å². The minimum atomic E-state index is -0.617. The van der Waals surface area contributed by atoms with Crippen molar-refractivity contribution in [3.05, 3.63) is 29.8 Å². The Morgan fingerprint density at radius 2 is 2.32 bits per heavy atom. The van der Waals surface area contributed by atoms with E-state index in [2.05, 4.69) is 17.2 Å². The number of hydrogen-bond acceptors (Lipinski definition) is 2. The van der Waals surface area contributed by atoms with Gasteiger partial charge < -0.3 is 5.32 Å². The summed E-state index contributed by atoms with van der Waals surface area (Å²) in [6.45, 7) is 2.94. The zero-order chi connectivity index (χ0) is 13.7. The standard InChI is InChI=1S/C15H21FN2O/c1-11-4-2-5-12(10-11)8-9-17-15(19)13-6-3-7-14(16)18-13/h3,6-7,11-12H,2,4-5,8-10H2,1H3,(H,17,19). The molecule has 3 nitrogen and oxygen atoms in total. The lowest BCUT2D eigenvalue weighted by atomic mass is 9.81. The third kappa shape index (κ3) is 4.30. The number of pyridine rings is 1. The van der Waals surface area contributed by atoms with Gasteiger partial charge in [0.2, 0.25) is 5.95 Å². The fraction of sp³-hybridized carbons (Fsp3) is 0.600. The molecule has 1 aliphatic rings. The van der Waals surface area contributed by atoms with Crippen LogP contribution in [0.3, 0.4) is 0 Å². The molecule has 19 heavy (non-hydrogen) atoms. The second-order valence-electron chi connectivity index (χ2n) is 5.53. The van der Waals surface area contributed by atoms with E-state index in [0.717, 1.165) is 12.3 Å². The third-order valence-corrected chi connectivity index (χ3v) is 3.83. The van der Waals surface area contributed by atoms with Crippen molar-refractivity contribution >= 4 is 5.91 Å². The van der Waals surface area contributed by atoms with E-state index in [1.165, 1.54) is 43.9 Å². The lowest BCUT2D eigenvalue weighted by Gasteiger charge is -2.26. The molecule has 1 fully saturated rings. The highest BCUT2D eigenvalue weighted by Crippen LogP contribution is 2.30. The van der Waals surface area contributed by atoms with E-state index in [9.17, 15) is 9.18 Å². The van der Waals surface area contributed by atoms with Gasteiger partial charge in [-0.3, -0.25) is 4.79 Å². The van der Waals surface area contributed by atoms with Crippen molar-refractivity contribution in [2.24, 2.45) is 11.8 Å². The Hall–Kier alpha value is -1.45. The van der Waals surface area contributed by atoms with Crippen LogP contribution >= 0.6 is 0 Å². The zero-order valence-corrected chi connectivity index (χ0v) is 11.4. The second kappa shape index (κ2) is 6.64. The fourth-order valence-electron chi connectivity index (χ4n) is 2.84. The number of rotatable bonds is 4. The van der Waals surface area contributed by atoms with E-state index >= 15 is 0 Å². The molecule has 4 heteroatoms. The van der Waals surface area contributed by atoms with E-state index < -0.39 is 5.95 Å². The number of hydrogen-bond donors (Lipinski definition) is 1. The Labute approximate surface area is 113 Å². The molecule has 1 amide bonds. The first kappa shape index (κ1) is 14.0. The van der Waals surface area contributed by atoms with Gasteiger partial charge in [-0.1, -0.05) is 32.3 Å². The number of amides is 1. The van der Waals surface area contributed by atoms with Gasteiger partial charge in [0.25, 0.3) is 5.91 Å². The van der Waals surface area contributed by atoms with Crippen molar-refractivity contribution in [1.82, 2.24) is 10.3 Å². The van der Waals surface area contributed by atoms with Crippen molar-refractivity contribution in [3.63, 3.8) is 0 Å². The Balaban J connectivity index is 1.75. The van der Waals surface area contributed by atoms with E-state index in [4.69, 9.17) is 0 Å². The minimum absolute atomic E-state index is 0.150. The molecule has 2 rings (SSSR count). The molecule has 0 radical (unpaired) electrons. The normalized spacial score (nSPS) is 23.1. The summed E-state index contributed by atoms with van der Waals surface area (Å²) >= 11 is 0. The van der Waals surface area contributed by atoms with Crippen LogP contribution in [-0.2, 0) is 0 Å². The topological polar surface area (TPSA) is 42.0 Å². The number of aromatic nitrogens is 1. The summed E-state index contributed by atoms with van der Waals surface area (Å²) in [7, 11) is 0. The zero-order valence-electron chi connectivity index (χ0n) is 11.4. The van der Waals surface area contributed by atoms with Crippen molar-refractivity contribution in [2.75, 3.05) is 6.54 Å². The average Bonchev–Trinajstić information content (AvgIpc) is 2.38. The molecule has 1 saturated carbocycles. The second-order valence-corrected chi connectivity index (χ2v) is 5.53. The van der Waals surface area contributed by atoms with Crippen LogP contribution in [0.1, 0.15) is 49.5 Å². The number of nitrogens with one attached hydrogen (secondary N) is 1. The van der Waals surface area contributed by atoms with E-state index in [-0.39, 0.29) is 11.6 Å². The Morgan fingerprint density at radius 3 is 3.05 bits per heavy atom. The van der Waals surface area contributed by atoms with Gasteiger partial charge in [0.05, 0.1) is 0 Å². The summed E-state index contributed by atoms with van der Waals surface area (Å²) in [5.74, 6) is 0.612. The fourth-order valence-corrected chi connectivity index (χ4v) is 2.84. The third-order valence-electron chi connectivity index (χ3n) is 3.83. The predicted octanol–water partition coefficient (Wildman–Crippen LogP) is 3.17. The van der Waals surface area contributed by atoms with Crippen LogP contribution in [0.15, 0.2) is 18.2 Å². The number of nitrogens with zero attached hydrogens (tertiary/aromatic N) is 1. The summed E-state index contributed by atoms with van der Waals surface area (Å²) in [4.78, 5) is 15.3. The quantitative estimate of drug-likeness (QED) is 0.849. The van der Waals surface area contributed by atoms with Gasteiger partial charge in [0, 0.05) is 6.54 Å². The minimum Gasteiger partial charge on any atom is -0.351 e. The molecule has 0 aromatic carbocycles. The molecule has 1 aromatic heterocycles. The molecule has 0 aliphatic heterocycles. The summed E-state index contributed by atoms with van der Waals surface area (Å²) < 4.78 is 12.9. The molecule has 0 bridgehead atoms. The summed E-state index contributed by atoms with van der Waals surface area (Å²) in [5.41, 5.74) is 0.150. The summed E-state index contributed by atoms with van der Waals surface area (Å²) in [6, 6.07) is 4.27. The molecule has 2 atom stereocenters. The monoisotopic (exact) mass is 264 g/mol. The Morgan fingerprint density at radius 1 is 1.47 bits per heavy atom. The summed E-state index contributed by atoms with van der Waals surface area (Å²) in [6.07, 6.45) is 6.15. The van der Waals surface area contributed by atoms with Gasteiger partial charge in [-0.05, 0) is 36.8 Å². The first-order valence-electron chi connectivity index (χ1n) is 7.06. The predicted molar refractivity (Wildman–Crippen MR) is 72.3 cm³/mol. The lowest BCUT2D eigenvalue weighted by molar-refractivity contribution is 0.0943. The lowest BCUT2D eigenvalue weighted by Crippen LogP contribution is -2.28. The smallest absolute Gasteiger partial charge is 0.269 e. The van der Waals surface area contributed by atoms with E-state index in [0.29, 0.717) is 12.5 Å². The highest BCUT2D eigenvalue weighted by molar-refractivity contribution is 5.92. The molecule has 0 saturated heterocycles. The highest BCUT2D eigenvalue weighted by atomic mass is 19.1. The van der Waals surface area contributed by atoms with Crippen LogP contribution < -0.4 is 5.32 Å². The number of carbonyl (C=O) groups is 1. The van der Waals surface area contributed by atoms with Gasteiger partial charge in [0.1, 0.15) is 5.69 Å². The van der Waals surface area contributed by atoms with Crippen LogP contribution in [0, 0.1) is 17.8 Å². The van der Waals surface area contributed by atoms with Crippen molar-refractivity contribution in [1.29, 1.82) is 0 Å². The van der Waals surface area contributed by atoms with Gasteiger partial charge in [-0.25, -0.2) is 4.98 Å². The molecule has 0 spiro atoms. The molecular formula is C15H21FN2O. The Bertz CT molecular complexity index is 436. The van der Waals surface area contributed by atoms with Crippen molar-refractivity contribution < 1.29 is 9.18 Å². The number of halogens is 1. The first-order valence-corrected chi connectivity index (χ1v) is 7.06. The van der Waals surface area contributed by atoms with Gasteiger partial charge >= 0.3 is 0 Å². The van der Waals surface area contributed by atoms with E-state index in [1.54, 1.807) is 0 Å².